The summed E-state index contributed by atoms with van der Waals surface area (Å²) < 4.78 is 10.6. The summed E-state index contributed by atoms with van der Waals surface area (Å²) in [6, 6.07) is 0. The van der Waals surface area contributed by atoms with Gasteiger partial charge in [0.05, 0.1) is 31.7 Å². The fraction of sp³-hybridized carbons (Fsp3) is 0.727. The van der Waals surface area contributed by atoms with Crippen molar-refractivity contribution in [3.8, 4) is 5.88 Å². The second kappa shape index (κ2) is 6.33. The highest BCUT2D eigenvalue weighted by Gasteiger charge is 2.15. The van der Waals surface area contributed by atoms with Crippen LogP contribution in [0.3, 0.4) is 0 Å². The van der Waals surface area contributed by atoms with Crippen molar-refractivity contribution < 1.29 is 9.47 Å². The van der Waals surface area contributed by atoms with E-state index in [4.69, 9.17) is 9.47 Å². The molecule has 0 atom stereocenters. The maximum absolute atomic E-state index is 5.31. The average molecular weight is 272 g/mol. The van der Waals surface area contributed by atoms with Gasteiger partial charge in [-0.3, -0.25) is 0 Å². The molecule has 0 saturated carbocycles. The quantitative estimate of drug-likeness (QED) is 0.845. The Morgan fingerprint density at radius 3 is 2.78 bits per heavy atom. The highest BCUT2D eigenvalue weighted by Crippen LogP contribution is 2.30. The Hall–Kier alpha value is -0.890. The molecule has 102 valence electrons. The summed E-state index contributed by atoms with van der Waals surface area (Å²) in [7, 11) is 5.63. The van der Waals surface area contributed by atoms with Crippen LogP contribution in [0.4, 0.5) is 5.13 Å². The molecule has 0 aromatic carbocycles. The predicted molar refractivity (Wildman–Crippen MR) is 72.2 cm³/mol. The molecule has 1 aliphatic rings. The molecule has 1 N–H and O–H groups in total. The van der Waals surface area contributed by atoms with Gasteiger partial charge in [-0.2, -0.15) is 4.98 Å². The van der Waals surface area contributed by atoms with Gasteiger partial charge in [0.15, 0.2) is 5.13 Å². The zero-order chi connectivity index (χ0) is 13.0. The average Bonchev–Trinajstić information content (AvgIpc) is 2.81. The second-order valence-corrected chi connectivity index (χ2v) is 5.32. The number of anilines is 1. The first kappa shape index (κ1) is 13.5. The molecule has 2 rings (SSSR count). The van der Waals surface area contributed by atoms with Crippen LogP contribution in [-0.2, 0) is 11.3 Å². The van der Waals surface area contributed by atoms with Crippen LogP contribution in [0.5, 0.6) is 5.88 Å². The third-order valence-electron chi connectivity index (χ3n) is 2.70. The van der Waals surface area contributed by atoms with Gasteiger partial charge in [-0.15, -0.1) is 0 Å². The number of nitrogens with one attached hydrogen (secondary N) is 1. The topological polar surface area (TPSA) is 49.9 Å². The van der Waals surface area contributed by atoms with E-state index in [9.17, 15) is 0 Å². The maximum atomic E-state index is 5.31. The summed E-state index contributed by atoms with van der Waals surface area (Å²) in [5.41, 5.74) is 3.39. The Morgan fingerprint density at radius 1 is 1.44 bits per heavy atom. The molecule has 1 aliphatic heterocycles. The molecule has 0 spiro atoms. The Balaban J connectivity index is 1.94. The number of hydrogen-bond donors (Lipinski definition) is 1. The highest BCUT2D eigenvalue weighted by molar-refractivity contribution is 7.15. The molecule has 0 aliphatic carbocycles. The van der Waals surface area contributed by atoms with E-state index in [1.165, 1.54) is 0 Å². The first-order valence-corrected chi connectivity index (χ1v) is 6.79. The van der Waals surface area contributed by atoms with E-state index in [1.807, 2.05) is 19.0 Å². The minimum absolute atomic E-state index is 0.712. The zero-order valence-electron chi connectivity index (χ0n) is 11.1. The minimum Gasteiger partial charge on any atom is -0.480 e. The molecule has 0 bridgehead atoms. The van der Waals surface area contributed by atoms with E-state index in [2.05, 4.69) is 15.4 Å². The van der Waals surface area contributed by atoms with Gasteiger partial charge < -0.3 is 14.4 Å². The van der Waals surface area contributed by atoms with Crippen molar-refractivity contribution in [2.75, 3.05) is 52.4 Å². The summed E-state index contributed by atoms with van der Waals surface area (Å²) in [4.78, 5) is 7.54. The monoisotopic (exact) mass is 272 g/mol. The van der Waals surface area contributed by atoms with E-state index in [-0.39, 0.29) is 0 Å². The third-order valence-corrected chi connectivity index (χ3v) is 3.90. The Labute approximate surface area is 111 Å². The van der Waals surface area contributed by atoms with E-state index in [1.54, 1.807) is 18.4 Å². The number of hydrazine groups is 1. The molecule has 1 fully saturated rings. The van der Waals surface area contributed by atoms with Gasteiger partial charge in [0, 0.05) is 27.2 Å². The lowest BCUT2D eigenvalue weighted by Crippen LogP contribution is -2.45. The van der Waals surface area contributed by atoms with Crippen LogP contribution in [0, 0.1) is 0 Å². The van der Waals surface area contributed by atoms with Crippen molar-refractivity contribution in [2.24, 2.45) is 0 Å². The van der Waals surface area contributed by atoms with Crippen LogP contribution in [0.1, 0.15) is 4.88 Å². The Kier molecular flexibility index (Phi) is 4.76. The standard InChI is InChI=1S/C11H20N4O2S/c1-14(2)11-13-10(16-3)9(18-11)8-12-15-4-6-17-7-5-15/h12H,4-8H2,1-3H3. The fourth-order valence-corrected chi connectivity index (χ4v) is 2.58. The molecular formula is C11H20N4O2S. The van der Waals surface area contributed by atoms with Crippen molar-refractivity contribution in [1.82, 2.24) is 15.4 Å². The molecule has 2 heterocycles. The maximum Gasteiger partial charge on any atom is 0.230 e. The summed E-state index contributed by atoms with van der Waals surface area (Å²) in [6.07, 6.45) is 0. The van der Waals surface area contributed by atoms with Crippen LogP contribution >= 0.6 is 11.3 Å². The van der Waals surface area contributed by atoms with Crippen molar-refractivity contribution in [3.05, 3.63) is 4.88 Å². The van der Waals surface area contributed by atoms with Gasteiger partial charge in [-0.25, -0.2) is 10.4 Å². The molecule has 0 radical (unpaired) electrons. The fourth-order valence-electron chi connectivity index (χ4n) is 1.69. The summed E-state index contributed by atoms with van der Waals surface area (Å²) in [5.74, 6) is 0.712. The Bertz CT molecular complexity index is 377. The summed E-state index contributed by atoms with van der Waals surface area (Å²) >= 11 is 1.65. The molecule has 6 nitrogen and oxygen atoms in total. The lowest BCUT2D eigenvalue weighted by atomic mass is 10.5. The number of morpholine rings is 1. The van der Waals surface area contributed by atoms with Gasteiger partial charge in [0.2, 0.25) is 5.88 Å². The number of hydrogen-bond acceptors (Lipinski definition) is 7. The normalized spacial score (nSPS) is 16.8. The molecule has 18 heavy (non-hydrogen) atoms. The van der Waals surface area contributed by atoms with Gasteiger partial charge >= 0.3 is 0 Å². The first-order chi connectivity index (χ1) is 8.70. The molecule has 0 unspecified atom stereocenters. The Morgan fingerprint density at radius 2 is 2.17 bits per heavy atom. The van der Waals surface area contributed by atoms with E-state index in [0.717, 1.165) is 42.9 Å². The molecule has 1 aromatic heterocycles. The first-order valence-electron chi connectivity index (χ1n) is 5.98. The number of methoxy groups -OCH3 is 1. The van der Waals surface area contributed by atoms with E-state index in [0.29, 0.717) is 5.88 Å². The van der Waals surface area contributed by atoms with Crippen molar-refractivity contribution in [1.29, 1.82) is 0 Å². The number of ether oxygens (including phenoxy) is 2. The zero-order valence-corrected chi connectivity index (χ0v) is 11.9. The number of aromatic nitrogens is 1. The third kappa shape index (κ3) is 3.32. The van der Waals surface area contributed by atoms with Crippen LogP contribution in [-0.4, -0.2) is 57.5 Å². The van der Waals surface area contributed by atoms with E-state index < -0.39 is 0 Å². The molecule has 1 aromatic rings. The van der Waals surface area contributed by atoms with Crippen molar-refractivity contribution in [2.45, 2.75) is 6.54 Å². The van der Waals surface area contributed by atoms with Gasteiger partial charge in [-0.05, 0) is 0 Å². The second-order valence-electron chi connectivity index (χ2n) is 4.26. The largest absolute Gasteiger partial charge is 0.480 e. The van der Waals surface area contributed by atoms with Gasteiger partial charge in [-0.1, -0.05) is 11.3 Å². The predicted octanol–water partition coefficient (Wildman–Crippen LogP) is 0.554. The van der Waals surface area contributed by atoms with E-state index >= 15 is 0 Å². The molecule has 1 saturated heterocycles. The molecule has 0 amide bonds. The highest BCUT2D eigenvalue weighted by atomic mass is 32.1. The van der Waals surface area contributed by atoms with Crippen molar-refractivity contribution in [3.63, 3.8) is 0 Å². The number of thiazole rings is 1. The lowest BCUT2D eigenvalue weighted by Gasteiger charge is -2.26. The van der Waals surface area contributed by atoms with Crippen LogP contribution < -0.4 is 15.1 Å². The smallest absolute Gasteiger partial charge is 0.230 e. The molecule has 7 heteroatoms. The van der Waals surface area contributed by atoms with Crippen molar-refractivity contribution >= 4 is 16.5 Å². The lowest BCUT2D eigenvalue weighted by molar-refractivity contribution is 0.0106. The van der Waals surface area contributed by atoms with Crippen LogP contribution in [0.25, 0.3) is 0 Å². The number of nitrogens with zero attached hydrogens (tertiary/aromatic N) is 3. The summed E-state index contributed by atoms with van der Waals surface area (Å²) in [5, 5.41) is 3.14. The molecular weight excluding hydrogens is 252 g/mol. The van der Waals surface area contributed by atoms with Crippen LogP contribution in [0.15, 0.2) is 0 Å². The minimum atomic E-state index is 0.712. The van der Waals surface area contributed by atoms with Crippen LogP contribution in [0.2, 0.25) is 0 Å². The summed E-state index contributed by atoms with van der Waals surface area (Å²) in [6.45, 7) is 4.16. The number of rotatable bonds is 5. The van der Waals surface area contributed by atoms with Gasteiger partial charge in [0.1, 0.15) is 0 Å². The SMILES string of the molecule is COc1nc(N(C)C)sc1CNN1CCOCC1. The van der Waals surface area contributed by atoms with Gasteiger partial charge in [0.25, 0.3) is 0 Å².